The number of rotatable bonds is 16. The first-order chi connectivity index (χ1) is 28.1. The monoisotopic (exact) mass is 837 g/mol. The Morgan fingerprint density at radius 1 is 0.797 bits per heavy atom. The molecule has 0 bridgehead atoms. The van der Waals surface area contributed by atoms with Crippen LogP contribution in [-0.2, 0) is 55.6 Å². The van der Waals surface area contributed by atoms with Gasteiger partial charge in [-0.1, -0.05) is 102 Å². The Kier molecular flexibility index (Phi) is 16.0. The van der Waals surface area contributed by atoms with Gasteiger partial charge in [0.25, 0.3) is 0 Å². The van der Waals surface area contributed by atoms with E-state index in [2.05, 4.69) is 84.9 Å². The second-order valence-corrected chi connectivity index (χ2v) is 25.4. The standard InChI is InChI=1S/C49H76O9Si/c1-33(2)59(34(3)4,35(5)6)58-39-24-17-25-45-49(10,57-44(39)32-53-47(50)48(7,8)9)29-43-40(55-45)28-42-46(56-43)41(52-31-37-21-15-12-16-22-37)27-38(54-42)23-18-26-51-30-36-19-13-11-14-20-36/h11-16,19-22,33-35,38-46H,17-18,23-32H2,1-10H3/t38-,39-,40+,41+,42-,43-,44-,45-,46+,49+/m1/s1. The van der Waals surface area contributed by atoms with Crippen LogP contribution in [0.25, 0.3) is 0 Å². The van der Waals surface area contributed by atoms with Gasteiger partial charge in [-0.3, -0.25) is 4.79 Å². The molecular weight excluding hydrogens is 761 g/mol. The summed E-state index contributed by atoms with van der Waals surface area (Å²) < 4.78 is 54.7. The summed E-state index contributed by atoms with van der Waals surface area (Å²) in [6.07, 6.45) is 5.06. The molecule has 4 aliphatic rings. The van der Waals surface area contributed by atoms with Gasteiger partial charge in [-0.25, -0.2) is 0 Å². The summed E-state index contributed by atoms with van der Waals surface area (Å²) in [5, 5.41) is 0. The van der Waals surface area contributed by atoms with Gasteiger partial charge in [-0.05, 0) is 87.5 Å². The first kappa shape index (κ1) is 46.4. The Labute approximate surface area is 357 Å². The van der Waals surface area contributed by atoms with E-state index < -0.39 is 25.4 Å². The minimum atomic E-state index is -2.29. The van der Waals surface area contributed by atoms with Crippen LogP contribution >= 0.6 is 0 Å². The third-order valence-corrected chi connectivity index (χ3v) is 19.6. The molecule has 59 heavy (non-hydrogen) atoms. The molecule has 4 heterocycles. The topological polar surface area (TPSA) is 90.9 Å². The average molecular weight is 837 g/mol. The Balaban J connectivity index is 1.18. The van der Waals surface area contributed by atoms with E-state index in [1.54, 1.807) is 0 Å². The van der Waals surface area contributed by atoms with Gasteiger partial charge < -0.3 is 37.6 Å². The third-order valence-electron chi connectivity index (χ3n) is 13.5. The average Bonchev–Trinajstić information content (AvgIpc) is 3.18. The maximum Gasteiger partial charge on any atom is 0.311 e. The van der Waals surface area contributed by atoms with Crippen LogP contribution in [0.2, 0.25) is 16.6 Å². The SMILES string of the molecule is CC(C)[Si](O[C@@H]1CCC[C@H]2O[C@H]3C[C@H]4O[C@H](CCCOCc5ccccc5)C[C@H](OCc5ccccc5)[C@@H]4O[C@@H]3C[C@]2(C)O[C@@H]1COC(=O)C(C)(C)C)(C(C)C)C(C)C. The lowest BCUT2D eigenvalue weighted by Crippen LogP contribution is -2.66. The number of fused-ring (bicyclic) bond motifs is 3. The lowest BCUT2D eigenvalue weighted by molar-refractivity contribution is -0.321. The highest BCUT2D eigenvalue weighted by atomic mass is 28.4. The molecule has 0 spiro atoms. The molecule has 4 fully saturated rings. The molecule has 9 nitrogen and oxygen atoms in total. The fourth-order valence-corrected chi connectivity index (χ4v) is 16.1. The molecule has 10 atom stereocenters. The summed E-state index contributed by atoms with van der Waals surface area (Å²) >= 11 is 0. The maximum atomic E-state index is 13.2. The van der Waals surface area contributed by atoms with Crippen molar-refractivity contribution in [3.05, 3.63) is 71.8 Å². The van der Waals surface area contributed by atoms with Crippen molar-refractivity contribution in [2.24, 2.45) is 5.41 Å². The normalized spacial score (nSPS) is 31.6. The Morgan fingerprint density at radius 2 is 1.44 bits per heavy atom. The quantitative estimate of drug-likeness (QED) is 0.0931. The lowest BCUT2D eigenvalue weighted by Gasteiger charge is -2.56. The van der Waals surface area contributed by atoms with Crippen LogP contribution in [0.5, 0.6) is 0 Å². The minimum absolute atomic E-state index is 0.0442. The number of carbonyl (C=O) groups is 1. The number of esters is 1. The van der Waals surface area contributed by atoms with Gasteiger partial charge in [0.2, 0.25) is 8.32 Å². The van der Waals surface area contributed by atoms with Crippen LogP contribution in [0.3, 0.4) is 0 Å². The number of benzene rings is 2. The van der Waals surface area contributed by atoms with Crippen molar-refractivity contribution < 1.29 is 42.4 Å². The van der Waals surface area contributed by atoms with E-state index in [9.17, 15) is 4.79 Å². The molecular formula is C49H76O9Si. The minimum Gasteiger partial charge on any atom is -0.462 e. The molecule has 2 aromatic rings. The van der Waals surface area contributed by atoms with E-state index >= 15 is 0 Å². The second kappa shape index (κ2) is 20.4. The molecule has 0 aromatic heterocycles. The van der Waals surface area contributed by atoms with Crippen LogP contribution in [0, 0.1) is 5.41 Å². The summed E-state index contributed by atoms with van der Waals surface area (Å²) in [4.78, 5) is 13.2. The van der Waals surface area contributed by atoms with Crippen molar-refractivity contribution in [3.63, 3.8) is 0 Å². The summed E-state index contributed by atoms with van der Waals surface area (Å²) in [5.41, 5.74) is 2.27. The zero-order valence-corrected chi connectivity index (χ0v) is 38.9. The van der Waals surface area contributed by atoms with Gasteiger partial charge in [-0.2, -0.15) is 0 Å². The third kappa shape index (κ3) is 11.5. The van der Waals surface area contributed by atoms with Gasteiger partial charge in [0.05, 0.1) is 67.0 Å². The molecule has 2 aromatic carbocycles. The molecule has 0 saturated carbocycles. The van der Waals surface area contributed by atoms with Crippen molar-refractivity contribution in [1.82, 2.24) is 0 Å². The van der Waals surface area contributed by atoms with Gasteiger partial charge in [0.15, 0.2) is 0 Å². The van der Waals surface area contributed by atoms with E-state index in [1.807, 2.05) is 45.0 Å². The number of carbonyl (C=O) groups excluding carboxylic acids is 1. The van der Waals surface area contributed by atoms with E-state index in [0.717, 1.165) is 50.5 Å². The summed E-state index contributed by atoms with van der Waals surface area (Å²) in [6, 6.07) is 20.7. The maximum absolute atomic E-state index is 13.2. The number of hydrogen-bond donors (Lipinski definition) is 0. The van der Waals surface area contributed by atoms with Crippen LogP contribution < -0.4 is 0 Å². The van der Waals surface area contributed by atoms with Crippen molar-refractivity contribution in [3.8, 4) is 0 Å². The van der Waals surface area contributed by atoms with Crippen LogP contribution in [0.15, 0.2) is 60.7 Å². The number of hydrogen-bond acceptors (Lipinski definition) is 9. The summed E-state index contributed by atoms with van der Waals surface area (Å²) in [5.74, 6) is -0.234. The van der Waals surface area contributed by atoms with Crippen LogP contribution in [-0.4, -0.2) is 88.0 Å². The van der Waals surface area contributed by atoms with Crippen LogP contribution in [0.4, 0.5) is 0 Å². The smallest absolute Gasteiger partial charge is 0.311 e. The molecule has 4 saturated heterocycles. The number of ether oxygens (including phenoxy) is 7. The van der Waals surface area contributed by atoms with E-state index in [0.29, 0.717) is 42.9 Å². The zero-order chi connectivity index (χ0) is 42.4. The fourth-order valence-electron chi connectivity index (χ4n) is 10.5. The highest BCUT2D eigenvalue weighted by molar-refractivity contribution is 6.77. The molecule has 0 amide bonds. The largest absolute Gasteiger partial charge is 0.462 e. The molecule has 0 N–H and O–H groups in total. The van der Waals surface area contributed by atoms with E-state index in [1.165, 1.54) is 5.56 Å². The van der Waals surface area contributed by atoms with Crippen molar-refractivity contribution in [2.75, 3.05) is 13.2 Å². The fraction of sp³-hybridized carbons (Fsp3) is 0.735. The van der Waals surface area contributed by atoms with Gasteiger partial charge >= 0.3 is 5.97 Å². The van der Waals surface area contributed by atoms with Crippen molar-refractivity contribution >= 4 is 14.3 Å². The predicted molar refractivity (Wildman–Crippen MR) is 234 cm³/mol. The Bertz CT molecular complexity index is 1560. The second-order valence-electron chi connectivity index (χ2n) is 20.0. The predicted octanol–water partition coefficient (Wildman–Crippen LogP) is 10.5. The van der Waals surface area contributed by atoms with E-state index in [4.69, 9.17) is 37.6 Å². The van der Waals surface area contributed by atoms with Gasteiger partial charge in [0.1, 0.15) is 18.8 Å². The lowest BCUT2D eigenvalue weighted by atomic mass is 9.79. The summed E-state index contributed by atoms with van der Waals surface area (Å²) in [7, 11) is -2.29. The molecule has 330 valence electrons. The summed E-state index contributed by atoms with van der Waals surface area (Å²) in [6.45, 7) is 23.7. The highest BCUT2D eigenvalue weighted by Gasteiger charge is 2.56. The molecule has 0 unspecified atom stereocenters. The first-order valence-electron chi connectivity index (χ1n) is 22.9. The Hall–Kier alpha value is -2.15. The molecule has 10 heteroatoms. The molecule has 4 aliphatic heterocycles. The molecule has 0 aliphatic carbocycles. The van der Waals surface area contributed by atoms with Gasteiger partial charge in [-0.15, -0.1) is 0 Å². The Morgan fingerprint density at radius 3 is 2.07 bits per heavy atom. The molecule has 6 rings (SSSR count). The first-order valence-corrected chi connectivity index (χ1v) is 25.0. The van der Waals surface area contributed by atoms with Gasteiger partial charge in [0, 0.05) is 25.9 Å². The highest BCUT2D eigenvalue weighted by Crippen LogP contribution is 2.48. The zero-order valence-electron chi connectivity index (χ0n) is 37.9. The molecule has 0 radical (unpaired) electrons. The van der Waals surface area contributed by atoms with Crippen LogP contribution in [0.1, 0.15) is 132 Å². The van der Waals surface area contributed by atoms with Crippen molar-refractivity contribution in [2.45, 2.75) is 211 Å². The van der Waals surface area contributed by atoms with Crippen molar-refractivity contribution in [1.29, 1.82) is 0 Å². The van der Waals surface area contributed by atoms with E-state index in [-0.39, 0.29) is 61.4 Å².